The van der Waals surface area contributed by atoms with E-state index in [-0.39, 0.29) is 4.90 Å². The van der Waals surface area contributed by atoms with Crippen molar-refractivity contribution in [3.63, 3.8) is 0 Å². The van der Waals surface area contributed by atoms with Crippen molar-refractivity contribution >= 4 is 15.7 Å². The molecule has 0 atom stereocenters. The Morgan fingerprint density at radius 3 is 2.42 bits per heavy atom. The number of nitrogens with one attached hydrogen (secondary N) is 2. The normalized spacial score (nSPS) is 11.8. The lowest BCUT2D eigenvalue weighted by molar-refractivity contribution is -0.0914. The average molecular weight is 288 g/mol. The number of para-hydroxylation sites is 1. The van der Waals surface area contributed by atoms with E-state index in [1.807, 2.05) is 0 Å². The first kappa shape index (κ1) is 15.9. The summed E-state index contributed by atoms with van der Waals surface area (Å²) >= 11 is 0. The maximum Gasteiger partial charge on any atom is 0.242 e. The fourth-order valence-corrected chi connectivity index (χ4v) is 2.79. The quantitative estimate of drug-likeness (QED) is 0.698. The summed E-state index contributed by atoms with van der Waals surface area (Å²) in [7, 11) is -0.447. The Morgan fingerprint density at radius 1 is 1.21 bits per heavy atom. The molecular formula is C12H20N2O4S. The van der Waals surface area contributed by atoms with Crippen molar-refractivity contribution in [3.05, 3.63) is 24.3 Å². The van der Waals surface area contributed by atoms with Crippen LogP contribution in [0.1, 0.15) is 6.92 Å². The summed E-state index contributed by atoms with van der Waals surface area (Å²) in [5.74, 6) is 0. The molecule has 0 spiro atoms. The van der Waals surface area contributed by atoms with Crippen LogP contribution in [0.5, 0.6) is 0 Å². The summed E-state index contributed by atoms with van der Waals surface area (Å²) in [6, 6.07) is 6.70. The Labute approximate surface area is 114 Å². The van der Waals surface area contributed by atoms with Crippen molar-refractivity contribution in [1.29, 1.82) is 0 Å². The second-order valence-electron chi connectivity index (χ2n) is 3.78. The number of hydrogen-bond donors (Lipinski definition) is 2. The average Bonchev–Trinajstić information content (AvgIpc) is 2.40. The first-order valence-corrected chi connectivity index (χ1v) is 7.41. The van der Waals surface area contributed by atoms with Gasteiger partial charge >= 0.3 is 0 Å². The standard InChI is InChI=1S/C12H20N2O4S/c1-4-14-19(15,16)11-8-6-5-7-10(11)13-9-12(17-2)18-3/h5-8,12-14H,4,9H2,1-3H3. The van der Waals surface area contributed by atoms with E-state index in [0.29, 0.717) is 18.8 Å². The van der Waals surface area contributed by atoms with Crippen molar-refractivity contribution in [2.45, 2.75) is 18.1 Å². The number of ether oxygens (including phenoxy) is 2. The number of anilines is 1. The lowest BCUT2D eigenvalue weighted by atomic mass is 10.3. The van der Waals surface area contributed by atoms with E-state index in [1.54, 1.807) is 31.2 Å². The molecule has 0 radical (unpaired) electrons. The molecule has 6 nitrogen and oxygen atoms in total. The van der Waals surface area contributed by atoms with Gasteiger partial charge in [-0.3, -0.25) is 0 Å². The topological polar surface area (TPSA) is 76.7 Å². The summed E-state index contributed by atoms with van der Waals surface area (Å²) in [6.45, 7) is 2.43. The lowest BCUT2D eigenvalue weighted by Crippen LogP contribution is -2.27. The predicted molar refractivity (Wildman–Crippen MR) is 73.6 cm³/mol. The predicted octanol–water partition coefficient (Wildman–Crippen LogP) is 1.02. The van der Waals surface area contributed by atoms with Gasteiger partial charge in [-0.15, -0.1) is 0 Å². The molecule has 0 aromatic heterocycles. The third kappa shape index (κ3) is 4.46. The Kier molecular flexibility index (Phi) is 6.23. The van der Waals surface area contributed by atoms with Gasteiger partial charge in [-0.25, -0.2) is 13.1 Å². The Hall–Kier alpha value is -1.15. The molecule has 0 aliphatic heterocycles. The first-order valence-electron chi connectivity index (χ1n) is 5.93. The molecule has 0 fully saturated rings. The van der Waals surface area contributed by atoms with Gasteiger partial charge in [0.1, 0.15) is 4.90 Å². The largest absolute Gasteiger partial charge is 0.379 e. The molecule has 1 rings (SSSR count). The third-order valence-corrected chi connectivity index (χ3v) is 4.10. The van der Waals surface area contributed by atoms with E-state index in [1.165, 1.54) is 14.2 Å². The monoisotopic (exact) mass is 288 g/mol. The number of rotatable bonds is 8. The van der Waals surface area contributed by atoms with Crippen LogP contribution in [-0.4, -0.2) is 42.0 Å². The van der Waals surface area contributed by atoms with Crippen LogP contribution in [0.15, 0.2) is 29.2 Å². The highest BCUT2D eigenvalue weighted by Gasteiger charge is 2.17. The van der Waals surface area contributed by atoms with Gasteiger partial charge in [0.05, 0.1) is 12.2 Å². The van der Waals surface area contributed by atoms with Crippen LogP contribution in [0.4, 0.5) is 5.69 Å². The molecule has 19 heavy (non-hydrogen) atoms. The van der Waals surface area contributed by atoms with Gasteiger partial charge in [0.25, 0.3) is 0 Å². The highest BCUT2D eigenvalue weighted by molar-refractivity contribution is 7.89. The van der Waals surface area contributed by atoms with Crippen LogP contribution in [0, 0.1) is 0 Å². The molecule has 0 heterocycles. The molecule has 2 N–H and O–H groups in total. The van der Waals surface area contributed by atoms with E-state index in [4.69, 9.17) is 9.47 Å². The zero-order valence-corrected chi connectivity index (χ0v) is 12.2. The van der Waals surface area contributed by atoms with E-state index >= 15 is 0 Å². The summed E-state index contributed by atoms with van der Waals surface area (Å²) < 4.78 is 36.6. The molecule has 0 saturated carbocycles. The zero-order valence-electron chi connectivity index (χ0n) is 11.3. The highest BCUT2D eigenvalue weighted by Crippen LogP contribution is 2.20. The number of sulfonamides is 1. The number of benzene rings is 1. The van der Waals surface area contributed by atoms with Gasteiger partial charge in [-0.2, -0.15) is 0 Å². The van der Waals surface area contributed by atoms with Gasteiger partial charge in [-0.1, -0.05) is 19.1 Å². The Balaban J connectivity index is 2.90. The van der Waals surface area contributed by atoms with Gasteiger partial charge in [0.2, 0.25) is 10.0 Å². The van der Waals surface area contributed by atoms with Crippen molar-refractivity contribution in [3.8, 4) is 0 Å². The highest BCUT2D eigenvalue weighted by atomic mass is 32.2. The molecule has 0 aliphatic rings. The molecule has 1 aromatic rings. The minimum absolute atomic E-state index is 0.211. The van der Waals surface area contributed by atoms with E-state index in [2.05, 4.69) is 10.0 Å². The third-order valence-electron chi connectivity index (χ3n) is 2.50. The van der Waals surface area contributed by atoms with E-state index in [9.17, 15) is 8.42 Å². The Bertz CT molecular complexity index is 486. The van der Waals surface area contributed by atoms with Crippen LogP contribution in [0.3, 0.4) is 0 Å². The molecule has 0 amide bonds. The van der Waals surface area contributed by atoms with Crippen molar-refractivity contribution in [2.75, 3.05) is 32.6 Å². The second kappa shape index (κ2) is 7.44. The summed E-state index contributed by atoms with van der Waals surface area (Å²) in [4.78, 5) is 0.211. The Morgan fingerprint density at radius 2 is 1.84 bits per heavy atom. The summed E-state index contributed by atoms with van der Waals surface area (Å²) in [6.07, 6.45) is -0.435. The van der Waals surface area contributed by atoms with Crippen LogP contribution in [0.2, 0.25) is 0 Å². The minimum Gasteiger partial charge on any atom is -0.379 e. The molecule has 0 unspecified atom stereocenters. The lowest BCUT2D eigenvalue weighted by Gasteiger charge is -2.17. The van der Waals surface area contributed by atoms with E-state index < -0.39 is 16.3 Å². The molecule has 1 aromatic carbocycles. The molecule has 0 saturated heterocycles. The minimum atomic E-state index is -3.50. The van der Waals surface area contributed by atoms with Gasteiger partial charge in [0.15, 0.2) is 6.29 Å². The fourth-order valence-electron chi connectivity index (χ4n) is 1.57. The van der Waals surface area contributed by atoms with Gasteiger partial charge in [0, 0.05) is 20.8 Å². The van der Waals surface area contributed by atoms with Gasteiger partial charge < -0.3 is 14.8 Å². The van der Waals surface area contributed by atoms with E-state index in [0.717, 1.165) is 0 Å². The molecular weight excluding hydrogens is 268 g/mol. The summed E-state index contributed by atoms with van der Waals surface area (Å²) in [5.41, 5.74) is 0.516. The number of hydrogen-bond acceptors (Lipinski definition) is 5. The smallest absolute Gasteiger partial charge is 0.242 e. The van der Waals surface area contributed by atoms with Crippen LogP contribution in [-0.2, 0) is 19.5 Å². The number of methoxy groups -OCH3 is 2. The van der Waals surface area contributed by atoms with Crippen molar-refractivity contribution in [2.24, 2.45) is 0 Å². The SMILES string of the molecule is CCNS(=O)(=O)c1ccccc1NCC(OC)OC. The van der Waals surface area contributed by atoms with Crippen LogP contribution in [0.25, 0.3) is 0 Å². The van der Waals surface area contributed by atoms with Gasteiger partial charge in [-0.05, 0) is 12.1 Å². The zero-order chi connectivity index (χ0) is 14.3. The molecule has 108 valence electrons. The van der Waals surface area contributed by atoms with Crippen molar-refractivity contribution in [1.82, 2.24) is 4.72 Å². The van der Waals surface area contributed by atoms with Crippen LogP contribution >= 0.6 is 0 Å². The molecule has 7 heteroatoms. The second-order valence-corrected chi connectivity index (χ2v) is 5.51. The maximum atomic E-state index is 12.0. The maximum absolute atomic E-state index is 12.0. The first-order chi connectivity index (χ1) is 9.05. The fraction of sp³-hybridized carbons (Fsp3) is 0.500. The summed E-state index contributed by atoms with van der Waals surface area (Å²) in [5, 5.41) is 3.01. The molecule has 0 bridgehead atoms. The van der Waals surface area contributed by atoms with Crippen LogP contribution < -0.4 is 10.0 Å². The van der Waals surface area contributed by atoms with Crippen molar-refractivity contribution < 1.29 is 17.9 Å². The molecule has 0 aliphatic carbocycles.